The summed E-state index contributed by atoms with van der Waals surface area (Å²) in [5, 5.41) is 3.18. The van der Waals surface area contributed by atoms with Gasteiger partial charge in [0.2, 0.25) is 0 Å². The Labute approximate surface area is 190 Å². The summed E-state index contributed by atoms with van der Waals surface area (Å²) in [6, 6.07) is 14.3. The van der Waals surface area contributed by atoms with Gasteiger partial charge in [-0.3, -0.25) is 4.98 Å². The number of amides is 1. The summed E-state index contributed by atoms with van der Waals surface area (Å²) in [5.74, 6) is 0.484. The first kappa shape index (κ1) is 23.4. The highest BCUT2D eigenvalue weighted by Crippen LogP contribution is 2.27. The zero-order valence-electron chi connectivity index (χ0n) is 20.0. The van der Waals surface area contributed by atoms with E-state index in [1.807, 2.05) is 45.2 Å². The van der Waals surface area contributed by atoms with Gasteiger partial charge in [0.25, 0.3) is 0 Å². The van der Waals surface area contributed by atoms with Crippen molar-refractivity contribution in [3.8, 4) is 11.3 Å². The topological polar surface area (TPSA) is 76.5 Å². The Bertz CT molecular complexity index is 1150. The molecule has 0 fully saturated rings. The number of rotatable bonds is 3. The number of ether oxygens (including phenoxy) is 1. The molecule has 0 unspecified atom stereocenters. The second-order valence-corrected chi connectivity index (χ2v) is 9.90. The number of nitrogens with one attached hydrogen (secondary N) is 1. The number of aromatic nitrogens is 2. The maximum atomic E-state index is 11.9. The predicted molar refractivity (Wildman–Crippen MR) is 130 cm³/mol. The number of hydrogen-bond acceptors (Lipinski definition) is 4. The third-order valence-corrected chi connectivity index (χ3v) is 4.87. The zero-order valence-corrected chi connectivity index (χ0v) is 20.0. The number of fused-ring (bicyclic) bond motifs is 1. The molecule has 3 aromatic rings. The molecule has 0 saturated carbocycles. The second-order valence-electron chi connectivity index (χ2n) is 9.90. The van der Waals surface area contributed by atoms with Crippen molar-refractivity contribution >= 4 is 23.0 Å². The van der Waals surface area contributed by atoms with E-state index in [2.05, 4.69) is 60.3 Å². The number of aliphatic imine (C=N–C) groups is 1. The van der Waals surface area contributed by atoms with Gasteiger partial charge >= 0.3 is 6.09 Å². The number of hydrogen-bond donors (Lipinski definition) is 1. The Morgan fingerprint density at radius 2 is 1.78 bits per heavy atom. The number of nitrogens with zero attached hydrogens (tertiary/aromatic N) is 3. The third kappa shape index (κ3) is 6.13. The summed E-state index contributed by atoms with van der Waals surface area (Å²) < 4.78 is 5.24. The molecule has 6 nitrogen and oxygen atoms in total. The SMILES string of the molecule is C/C(=N/C(=O)OC(C)(C)C)NCc1cccc2ncc(-c3cccc(C(C)(C)C)c3)nc12. The van der Waals surface area contributed by atoms with Crippen LogP contribution in [0.25, 0.3) is 22.3 Å². The van der Waals surface area contributed by atoms with E-state index in [4.69, 9.17) is 9.72 Å². The van der Waals surface area contributed by atoms with E-state index < -0.39 is 11.7 Å². The van der Waals surface area contributed by atoms with Crippen LogP contribution in [0.2, 0.25) is 0 Å². The molecule has 0 radical (unpaired) electrons. The fourth-order valence-corrected chi connectivity index (χ4v) is 3.20. The Morgan fingerprint density at radius 3 is 2.47 bits per heavy atom. The molecule has 1 heterocycles. The molecule has 0 bridgehead atoms. The van der Waals surface area contributed by atoms with E-state index in [9.17, 15) is 4.79 Å². The first-order valence-corrected chi connectivity index (χ1v) is 10.8. The van der Waals surface area contributed by atoms with Crippen LogP contribution in [-0.2, 0) is 16.7 Å². The van der Waals surface area contributed by atoms with Gasteiger partial charge in [-0.2, -0.15) is 4.99 Å². The molecule has 1 amide bonds. The smallest absolute Gasteiger partial charge is 0.435 e. The summed E-state index contributed by atoms with van der Waals surface area (Å²) in [5.41, 5.74) is 5.22. The average molecular weight is 433 g/mol. The second kappa shape index (κ2) is 9.07. The van der Waals surface area contributed by atoms with Crippen molar-refractivity contribution in [2.45, 2.75) is 66.0 Å². The minimum absolute atomic E-state index is 0.0559. The summed E-state index contributed by atoms with van der Waals surface area (Å²) in [6.07, 6.45) is 1.21. The predicted octanol–water partition coefficient (Wildman–Crippen LogP) is 6.04. The van der Waals surface area contributed by atoms with Gasteiger partial charge in [-0.05, 0) is 56.4 Å². The van der Waals surface area contributed by atoms with Crippen molar-refractivity contribution in [1.29, 1.82) is 0 Å². The van der Waals surface area contributed by atoms with Crippen molar-refractivity contribution in [3.05, 3.63) is 59.8 Å². The van der Waals surface area contributed by atoms with Crippen molar-refractivity contribution in [2.24, 2.45) is 4.99 Å². The molecule has 1 N–H and O–H groups in total. The van der Waals surface area contributed by atoms with Crippen LogP contribution in [0, 0.1) is 0 Å². The van der Waals surface area contributed by atoms with Crippen molar-refractivity contribution in [1.82, 2.24) is 15.3 Å². The minimum atomic E-state index is -0.610. The van der Waals surface area contributed by atoms with Crippen LogP contribution in [0.15, 0.2) is 53.7 Å². The molecule has 0 spiro atoms. The van der Waals surface area contributed by atoms with E-state index in [1.54, 1.807) is 6.92 Å². The van der Waals surface area contributed by atoms with Crippen molar-refractivity contribution in [3.63, 3.8) is 0 Å². The van der Waals surface area contributed by atoms with Gasteiger partial charge in [0, 0.05) is 12.1 Å². The lowest BCUT2D eigenvalue weighted by molar-refractivity contribution is 0.0603. The third-order valence-electron chi connectivity index (χ3n) is 4.87. The Kier molecular flexibility index (Phi) is 6.63. The molecular weight excluding hydrogens is 400 g/mol. The molecule has 32 heavy (non-hydrogen) atoms. The first-order chi connectivity index (χ1) is 14.9. The van der Waals surface area contributed by atoms with E-state index in [0.717, 1.165) is 27.9 Å². The molecule has 2 aromatic carbocycles. The lowest BCUT2D eigenvalue weighted by Crippen LogP contribution is -2.25. The van der Waals surface area contributed by atoms with E-state index >= 15 is 0 Å². The molecule has 0 saturated heterocycles. The molecule has 1 aromatic heterocycles. The first-order valence-electron chi connectivity index (χ1n) is 10.8. The maximum Gasteiger partial charge on any atom is 0.435 e. The highest BCUT2D eigenvalue weighted by Gasteiger charge is 2.16. The highest BCUT2D eigenvalue weighted by atomic mass is 16.6. The maximum absolute atomic E-state index is 11.9. The molecule has 6 heteroatoms. The Balaban J connectivity index is 1.86. The number of carbonyl (C=O) groups is 1. The van der Waals surface area contributed by atoms with Crippen LogP contribution in [0.3, 0.4) is 0 Å². The number of para-hydroxylation sites is 1. The van der Waals surface area contributed by atoms with Gasteiger partial charge in [-0.25, -0.2) is 9.78 Å². The zero-order chi connectivity index (χ0) is 23.5. The molecule has 3 rings (SSSR count). The quantitative estimate of drug-likeness (QED) is 0.403. The van der Waals surface area contributed by atoms with Gasteiger partial charge in [0.1, 0.15) is 11.4 Å². The minimum Gasteiger partial charge on any atom is -0.442 e. The lowest BCUT2D eigenvalue weighted by atomic mass is 9.86. The van der Waals surface area contributed by atoms with Crippen LogP contribution < -0.4 is 5.32 Å². The normalized spacial score (nSPS) is 12.7. The van der Waals surface area contributed by atoms with E-state index in [-0.39, 0.29) is 5.41 Å². The molecular formula is C26H32N4O2. The fourth-order valence-electron chi connectivity index (χ4n) is 3.20. The van der Waals surface area contributed by atoms with Gasteiger partial charge in [0.15, 0.2) is 0 Å². The van der Waals surface area contributed by atoms with Crippen LogP contribution in [0.1, 0.15) is 59.6 Å². The Hall–Kier alpha value is -3.28. The summed E-state index contributed by atoms with van der Waals surface area (Å²) >= 11 is 0. The largest absolute Gasteiger partial charge is 0.442 e. The lowest BCUT2D eigenvalue weighted by Gasteiger charge is -2.19. The van der Waals surface area contributed by atoms with Gasteiger partial charge in [-0.1, -0.05) is 51.1 Å². The standard InChI is InChI=1S/C26H32N4O2/c1-17(29-24(31)32-26(5,6)7)27-15-19-11-9-13-21-23(19)30-22(16-28-21)18-10-8-12-20(14-18)25(2,3)4/h8-14,16H,15H2,1-7H3,(H,27,29,31). The van der Waals surface area contributed by atoms with Gasteiger partial charge in [0.05, 0.1) is 22.9 Å². The number of benzene rings is 2. The van der Waals surface area contributed by atoms with Crippen LogP contribution >= 0.6 is 0 Å². The molecule has 0 aliphatic heterocycles. The Morgan fingerprint density at radius 1 is 1.06 bits per heavy atom. The van der Waals surface area contributed by atoms with Crippen molar-refractivity contribution < 1.29 is 9.53 Å². The van der Waals surface area contributed by atoms with Crippen molar-refractivity contribution in [2.75, 3.05) is 0 Å². The van der Waals surface area contributed by atoms with Crippen LogP contribution in [-0.4, -0.2) is 27.5 Å². The summed E-state index contributed by atoms with van der Waals surface area (Å²) in [4.78, 5) is 25.4. The highest BCUT2D eigenvalue weighted by molar-refractivity contribution is 5.90. The van der Waals surface area contributed by atoms with Crippen LogP contribution in [0.5, 0.6) is 0 Å². The molecule has 0 aliphatic rings. The fraction of sp³-hybridized carbons (Fsp3) is 0.385. The van der Waals surface area contributed by atoms with E-state index in [1.165, 1.54) is 5.56 Å². The summed E-state index contributed by atoms with van der Waals surface area (Å²) in [7, 11) is 0. The van der Waals surface area contributed by atoms with E-state index in [0.29, 0.717) is 12.4 Å². The van der Waals surface area contributed by atoms with Gasteiger partial charge in [-0.15, -0.1) is 0 Å². The monoisotopic (exact) mass is 432 g/mol. The molecule has 0 aliphatic carbocycles. The average Bonchev–Trinajstić information content (AvgIpc) is 2.70. The number of carbonyl (C=O) groups excluding carboxylic acids is 1. The van der Waals surface area contributed by atoms with Gasteiger partial charge < -0.3 is 10.1 Å². The summed E-state index contributed by atoms with van der Waals surface area (Å²) in [6.45, 7) is 14.2. The van der Waals surface area contributed by atoms with Crippen LogP contribution in [0.4, 0.5) is 4.79 Å². The molecule has 0 atom stereocenters. The number of amidine groups is 1. The molecule has 168 valence electrons.